The molecule has 0 saturated carbocycles. The van der Waals surface area contributed by atoms with Gasteiger partial charge in [0.25, 0.3) is 0 Å². The SMILES string of the molecule is O=C(O)c1cc(-c2nc3cc(-c4cscn4)ccc3o2)ccn1. The number of nitrogens with zero attached hydrogens (tertiary/aromatic N) is 3. The monoisotopic (exact) mass is 323 g/mol. The number of oxazole rings is 1. The molecule has 4 rings (SSSR count). The highest BCUT2D eigenvalue weighted by Crippen LogP contribution is 2.28. The van der Waals surface area contributed by atoms with Crippen molar-refractivity contribution in [2.24, 2.45) is 0 Å². The van der Waals surface area contributed by atoms with Crippen LogP contribution in [0.5, 0.6) is 0 Å². The van der Waals surface area contributed by atoms with E-state index in [0.29, 0.717) is 22.6 Å². The van der Waals surface area contributed by atoms with Crippen LogP contribution in [0.4, 0.5) is 0 Å². The molecule has 0 radical (unpaired) electrons. The molecule has 3 aromatic heterocycles. The first-order valence-corrected chi connectivity index (χ1v) is 7.64. The number of thiazole rings is 1. The second kappa shape index (κ2) is 5.29. The maximum absolute atomic E-state index is 11.0. The van der Waals surface area contributed by atoms with Crippen molar-refractivity contribution in [2.75, 3.05) is 0 Å². The van der Waals surface area contributed by atoms with Gasteiger partial charge in [0.1, 0.15) is 11.2 Å². The van der Waals surface area contributed by atoms with Gasteiger partial charge in [-0.3, -0.25) is 0 Å². The molecule has 6 nitrogen and oxygen atoms in total. The molecule has 1 aromatic carbocycles. The van der Waals surface area contributed by atoms with Gasteiger partial charge in [0.05, 0.1) is 11.2 Å². The van der Waals surface area contributed by atoms with E-state index in [9.17, 15) is 4.79 Å². The van der Waals surface area contributed by atoms with E-state index in [4.69, 9.17) is 9.52 Å². The number of carboxylic acid groups (broad SMARTS) is 1. The first-order chi connectivity index (χ1) is 11.2. The van der Waals surface area contributed by atoms with E-state index < -0.39 is 5.97 Å². The Morgan fingerprint density at radius 2 is 2.04 bits per heavy atom. The molecule has 0 aliphatic heterocycles. The molecule has 4 aromatic rings. The number of fused-ring (bicyclic) bond motifs is 1. The number of carboxylic acids is 1. The van der Waals surface area contributed by atoms with Crippen LogP contribution in [0.3, 0.4) is 0 Å². The Morgan fingerprint density at radius 1 is 1.13 bits per heavy atom. The van der Waals surface area contributed by atoms with Crippen LogP contribution in [-0.4, -0.2) is 26.0 Å². The van der Waals surface area contributed by atoms with Gasteiger partial charge in [0, 0.05) is 22.7 Å². The largest absolute Gasteiger partial charge is 0.477 e. The zero-order chi connectivity index (χ0) is 15.8. The normalized spacial score (nSPS) is 11.0. The second-order valence-electron chi connectivity index (χ2n) is 4.81. The van der Waals surface area contributed by atoms with Crippen molar-refractivity contribution in [1.29, 1.82) is 0 Å². The topological polar surface area (TPSA) is 89.1 Å². The highest BCUT2D eigenvalue weighted by Gasteiger charge is 2.12. The fourth-order valence-corrected chi connectivity index (χ4v) is 2.81. The predicted octanol–water partition coefficient (Wildman–Crippen LogP) is 3.71. The van der Waals surface area contributed by atoms with E-state index in [1.165, 1.54) is 23.6 Å². The Balaban J connectivity index is 1.80. The molecule has 0 aliphatic carbocycles. The van der Waals surface area contributed by atoms with E-state index >= 15 is 0 Å². The summed E-state index contributed by atoms with van der Waals surface area (Å²) in [6.45, 7) is 0. The van der Waals surface area contributed by atoms with Crippen LogP contribution in [0.1, 0.15) is 10.5 Å². The van der Waals surface area contributed by atoms with E-state index in [1.54, 1.807) is 11.6 Å². The van der Waals surface area contributed by atoms with Crippen molar-refractivity contribution in [3.05, 3.63) is 53.1 Å². The second-order valence-corrected chi connectivity index (χ2v) is 5.53. The Bertz CT molecular complexity index is 1010. The average Bonchev–Trinajstić information content (AvgIpc) is 3.23. The summed E-state index contributed by atoms with van der Waals surface area (Å²) in [5.41, 5.74) is 5.47. The van der Waals surface area contributed by atoms with Gasteiger partial charge in [0.15, 0.2) is 5.58 Å². The fraction of sp³-hybridized carbons (Fsp3) is 0. The van der Waals surface area contributed by atoms with Gasteiger partial charge in [-0.15, -0.1) is 11.3 Å². The van der Waals surface area contributed by atoms with Crippen LogP contribution < -0.4 is 0 Å². The lowest BCUT2D eigenvalue weighted by Gasteiger charge is -1.96. The average molecular weight is 323 g/mol. The van der Waals surface area contributed by atoms with Gasteiger partial charge >= 0.3 is 5.97 Å². The summed E-state index contributed by atoms with van der Waals surface area (Å²) < 4.78 is 5.71. The minimum atomic E-state index is -1.09. The third-order valence-corrected chi connectivity index (χ3v) is 3.93. The Labute approximate surface area is 134 Å². The molecule has 7 heteroatoms. The van der Waals surface area contributed by atoms with Crippen molar-refractivity contribution in [2.45, 2.75) is 0 Å². The molecule has 1 N–H and O–H groups in total. The van der Waals surface area contributed by atoms with Gasteiger partial charge in [-0.25, -0.2) is 19.7 Å². The number of hydrogen-bond donors (Lipinski definition) is 1. The van der Waals surface area contributed by atoms with Crippen molar-refractivity contribution in [3.63, 3.8) is 0 Å². The number of carbonyl (C=O) groups is 1. The third kappa shape index (κ3) is 2.47. The standard InChI is InChI=1S/C16H9N3O3S/c20-16(21)12-6-10(3-4-17-12)15-19-11-5-9(1-2-14(11)22-15)13-7-23-8-18-13/h1-8H,(H,20,21). The number of rotatable bonds is 3. The molecular formula is C16H9N3O3S. The van der Waals surface area contributed by atoms with Gasteiger partial charge in [-0.2, -0.15) is 0 Å². The van der Waals surface area contributed by atoms with Gasteiger partial charge in [0.2, 0.25) is 5.89 Å². The van der Waals surface area contributed by atoms with Crippen LogP contribution in [0.25, 0.3) is 33.8 Å². The molecule has 0 aliphatic rings. The van der Waals surface area contributed by atoms with Crippen molar-refractivity contribution >= 4 is 28.4 Å². The maximum Gasteiger partial charge on any atom is 0.354 e. The molecule has 0 amide bonds. The summed E-state index contributed by atoms with van der Waals surface area (Å²) >= 11 is 1.53. The first-order valence-electron chi connectivity index (χ1n) is 6.69. The lowest BCUT2D eigenvalue weighted by Crippen LogP contribution is -1.99. The minimum Gasteiger partial charge on any atom is -0.477 e. The highest BCUT2D eigenvalue weighted by atomic mass is 32.1. The van der Waals surface area contributed by atoms with E-state index in [0.717, 1.165) is 11.3 Å². The number of aromatic nitrogens is 3. The first kappa shape index (κ1) is 13.6. The molecule has 3 heterocycles. The quantitative estimate of drug-likeness (QED) is 0.618. The maximum atomic E-state index is 11.0. The van der Waals surface area contributed by atoms with Gasteiger partial charge < -0.3 is 9.52 Å². The molecule has 0 bridgehead atoms. The molecular weight excluding hydrogens is 314 g/mol. The summed E-state index contributed by atoms with van der Waals surface area (Å²) in [4.78, 5) is 23.5. The molecule has 0 spiro atoms. The zero-order valence-electron chi connectivity index (χ0n) is 11.6. The lowest BCUT2D eigenvalue weighted by molar-refractivity contribution is 0.0690. The molecule has 0 fully saturated rings. The summed E-state index contributed by atoms with van der Waals surface area (Å²) in [7, 11) is 0. The Morgan fingerprint density at radius 3 is 2.83 bits per heavy atom. The fourth-order valence-electron chi connectivity index (χ4n) is 2.25. The van der Waals surface area contributed by atoms with Gasteiger partial charge in [-0.05, 0) is 30.3 Å². The van der Waals surface area contributed by atoms with Crippen molar-refractivity contribution < 1.29 is 14.3 Å². The zero-order valence-corrected chi connectivity index (χ0v) is 12.4. The molecule has 112 valence electrons. The number of benzene rings is 1. The van der Waals surface area contributed by atoms with Gasteiger partial charge in [-0.1, -0.05) is 0 Å². The molecule has 0 unspecified atom stereocenters. The van der Waals surface area contributed by atoms with Crippen molar-refractivity contribution in [1.82, 2.24) is 15.0 Å². The summed E-state index contributed by atoms with van der Waals surface area (Å²) in [5, 5.41) is 11.0. The smallest absolute Gasteiger partial charge is 0.354 e. The summed E-state index contributed by atoms with van der Waals surface area (Å²) in [6, 6.07) is 8.75. The van der Waals surface area contributed by atoms with E-state index in [2.05, 4.69) is 15.0 Å². The summed E-state index contributed by atoms with van der Waals surface area (Å²) in [6.07, 6.45) is 1.42. The number of pyridine rings is 1. The van der Waals surface area contributed by atoms with Crippen LogP contribution in [-0.2, 0) is 0 Å². The van der Waals surface area contributed by atoms with Crippen LogP contribution >= 0.6 is 11.3 Å². The van der Waals surface area contributed by atoms with Crippen LogP contribution in [0.2, 0.25) is 0 Å². The number of hydrogen-bond acceptors (Lipinski definition) is 6. The third-order valence-electron chi connectivity index (χ3n) is 3.34. The van der Waals surface area contributed by atoms with E-state index in [1.807, 2.05) is 23.6 Å². The Kier molecular flexibility index (Phi) is 3.13. The number of aromatic carboxylic acids is 1. The molecule has 0 atom stereocenters. The Hall–Kier alpha value is -3.06. The van der Waals surface area contributed by atoms with Crippen molar-refractivity contribution in [3.8, 4) is 22.7 Å². The summed E-state index contributed by atoms with van der Waals surface area (Å²) in [5.74, 6) is -0.728. The minimum absolute atomic E-state index is 0.0482. The lowest BCUT2D eigenvalue weighted by atomic mass is 10.1. The van der Waals surface area contributed by atoms with Crippen LogP contribution in [0.15, 0.2) is 51.8 Å². The molecule has 23 heavy (non-hydrogen) atoms. The molecule has 0 saturated heterocycles. The predicted molar refractivity (Wildman–Crippen MR) is 85.3 cm³/mol. The highest BCUT2D eigenvalue weighted by molar-refractivity contribution is 7.07. The van der Waals surface area contributed by atoms with E-state index in [-0.39, 0.29) is 5.69 Å². The van der Waals surface area contributed by atoms with Crippen LogP contribution in [0, 0.1) is 0 Å².